The molecule has 0 aliphatic rings. The number of aromatic hydroxyl groups is 1. The summed E-state index contributed by atoms with van der Waals surface area (Å²) in [4.78, 5) is 12.2. The number of ether oxygens (including phenoxy) is 3. The van der Waals surface area contributed by atoms with E-state index >= 15 is 0 Å². The van der Waals surface area contributed by atoms with E-state index in [4.69, 9.17) is 25.8 Å². The number of hydrogen-bond donors (Lipinski definition) is 2. The number of halogens is 1. The van der Waals surface area contributed by atoms with Crippen molar-refractivity contribution >= 4 is 17.5 Å². The Balaban J connectivity index is 2.22. The quantitative estimate of drug-likeness (QED) is 0.836. The second-order valence-electron chi connectivity index (χ2n) is 4.86. The van der Waals surface area contributed by atoms with E-state index in [-0.39, 0.29) is 17.9 Å². The van der Waals surface area contributed by atoms with Gasteiger partial charge < -0.3 is 24.6 Å². The molecule has 0 aliphatic heterocycles. The van der Waals surface area contributed by atoms with Crippen LogP contribution in [0.1, 0.15) is 15.9 Å². The number of rotatable bonds is 6. The number of nitrogens with one attached hydrogen (secondary N) is 1. The fourth-order valence-electron chi connectivity index (χ4n) is 2.19. The van der Waals surface area contributed by atoms with Gasteiger partial charge in [0.1, 0.15) is 11.5 Å². The van der Waals surface area contributed by atoms with Gasteiger partial charge in [-0.15, -0.1) is 0 Å². The lowest BCUT2D eigenvalue weighted by Gasteiger charge is -2.15. The normalized spacial score (nSPS) is 10.2. The second kappa shape index (κ2) is 7.79. The minimum absolute atomic E-state index is 0.0990. The first-order valence-corrected chi connectivity index (χ1v) is 7.43. The molecule has 2 N–H and O–H groups in total. The van der Waals surface area contributed by atoms with Crippen LogP contribution in [0, 0.1) is 0 Å². The van der Waals surface area contributed by atoms with Gasteiger partial charge in [-0.05, 0) is 24.3 Å². The van der Waals surface area contributed by atoms with Gasteiger partial charge in [0.2, 0.25) is 0 Å². The van der Waals surface area contributed by atoms with Gasteiger partial charge in [-0.2, -0.15) is 0 Å². The van der Waals surface area contributed by atoms with Crippen molar-refractivity contribution < 1.29 is 24.1 Å². The lowest BCUT2D eigenvalue weighted by molar-refractivity contribution is 0.0948. The summed E-state index contributed by atoms with van der Waals surface area (Å²) in [7, 11) is 4.58. The zero-order valence-electron chi connectivity index (χ0n) is 13.6. The smallest absolute Gasteiger partial charge is 0.255 e. The van der Waals surface area contributed by atoms with E-state index in [0.29, 0.717) is 27.8 Å². The maximum Gasteiger partial charge on any atom is 0.255 e. The summed E-state index contributed by atoms with van der Waals surface area (Å²) in [6.07, 6.45) is 0. The van der Waals surface area contributed by atoms with Crippen molar-refractivity contribution in [1.82, 2.24) is 5.32 Å². The van der Waals surface area contributed by atoms with E-state index in [1.807, 2.05) is 0 Å². The largest absolute Gasteiger partial charge is 0.507 e. The molecule has 7 heteroatoms. The summed E-state index contributed by atoms with van der Waals surface area (Å²) in [5.74, 6) is 0.997. The minimum Gasteiger partial charge on any atom is -0.507 e. The molecule has 0 spiro atoms. The van der Waals surface area contributed by atoms with Gasteiger partial charge in [0, 0.05) is 23.2 Å². The Morgan fingerprint density at radius 3 is 2.29 bits per heavy atom. The van der Waals surface area contributed by atoms with Crippen molar-refractivity contribution in [2.75, 3.05) is 21.3 Å². The molecule has 0 fully saturated rings. The van der Waals surface area contributed by atoms with Gasteiger partial charge in [-0.3, -0.25) is 4.79 Å². The molecule has 0 bridgehead atoms. The standard InChI is InChI=1S/C17H18ClNO5/c1-22-14-8-16(24-3)15(23-2)6-10(14)9-19-17(21)12-7-11(18)4-5-13(12)20/h4-8,20H,9H2,1-3H3,(H,19,21). The first-order valence-electron chi connectivity index (χ1n) is 7.05. The van der Waals surface area contributed by atoms with Crippen LogP contribution in [0.3, 0.4) is 0 Å². The molecule has 1 amide bonds. The molecule has 0 atom stereocenters. The van der Waals surface area contributed by atoms with Crippen LogP contribution in [-0.2, 0) is 6.54 Å². The fraction of sp³-hybridized carbons (Fsp3) is 0.235. The summed E-state index contributed by atoms with van der Waals surface area (Å²) in [6.45, 7) is 0.175. The highest BCUT2D eigenvalue weighted by atomic mass is 35.5. The third-order valence-corrected chi connectivity index (χ3v) is 3.66. The van der Waals surface area contributed by atoms with E-state index in [1.54, 1.807) is 12.1 Å². The Hall–Kier alpha value is -2.60. The molecule has 0 saturated heterocycles. The third-order valence-electron chi connectivity index (χ3n) is 3.43. The lowest BCUT2D eigenvalue weighted by Crippen LogP contribution is -2.23. The lowest BCUT2D eigenvalue weighted by atomic mass is 10.1. The van der Waals surface area contributed by atoms with Crippen molar-refractivity contribution in [1.29, 1.82) is 0 Å². The molecule has 2 aromatic carbocycles. The Morgan fingerprint density at radius 2 is 1.67 bits per heavy atom. The molecule has 0 radical (unpaired) electrons. The van der Waals surface area contributed by atoms with Gasteiger partial charge >= 0.3 is 0 Å². The maximum atomic E-state index is 12.2. The van der Waals surface area contributed by atoms with E-state index < -0.39 is 5.91 Å². The Labute approximate surface area is 144 Å². The summed E-state index contributed by atoms with van der Waals surface area (Å²) in [6, 6.07) is 7.67. The number of amides is 1. The number of benzene rings is 2. The monoisotopic (exact) mass is 351 g/mol. The predicted molar refractivity (Wildman–Crippen MR) is 90.4 cm³/mol. The van der Waals surface area contributed by atoms with Crippen LogP contribution in [0.25, 0.3) is 0 Å². The molecule has 0 aliphatic carbocycles. The van der Waals surface area contributed by atoms with Crippen molar-refractivity contribution in [3.8, 4) is 23.0 Å². The van der Waals surface area contributed by atoms with Crippen LogP contribution in [0.4, 0.5) is 0 Å². The molecule has 2 rings (SSSR count). The molecule has 0 aromatic heterocycles. The molecule has 128 valence electrons. The Kier molecular flexibility index (Phi) is 5.76. The van der Waals surface area contributed by atoms with Crippen LogP contribution < -0.4 is 19.5 Å². The van der Waals surface area contributed by atoms with Crippen molar-refractivity contribution in [3.63, 3.8) is 0 Å². The predicted octanol–water partition coefficient (Wildman–Crippen LogP) is 3.00. The average Bonchev–Trinajstić information content (AvgIpc) is 2.60. The third kappa shape index (κ3) is 3.83. The molecule has 0 unspecified atom stereocenters. The minimum atomic E-state index is -0.452. The molecule has 0 heterocycles. The van der Waals surface area contributed by atoms with Crippen LogP contribution >= 0.6 is 11.6 Å². The first kappa shape index (κ1) is 17.7. The van der Waals surface area contributed by atoms with Gasteiger partial charge in [0.05, 0.1) is 26.9 Å². The Morgan fingerprint density at radius 1 is 1.04 bits per heavy atom. The van der Waals surface area contributed by atoms with Gasteiger partial charge in [0.25, 0.3) is 5.91 Å². The van der Waals surface area contributed by atoms with Crippen LogP contribution in [0.2, 0.25) is 5.02 Å². The van der Waals surface area contributed by atoms with Gasteiger partial charge in [0.15, 0.2) is 11.5 Å². The molecule has 24 heavy (non-hydrogen) atoms. The summed E-state index contributed by atoms with van der Waals surface area (Å²) in [5, 5.41) is 12.8. The van der Waals surface area contributed by atoms with Gasteiger partial charge in [-0.1, -0.05) is 11.6 Å². The van der Waals surface area contributed by atoms with Crippen molar-refractivity contribution in [3.05, 3.63) is 46.5 Å². The molecular formula is C17H18ClNO5. The summed E-state index contributed by atoms with van der Waals surface area (Å²) in [5.41, 5.74) is 0.798. The van der Waals surface area contributed by atoms with Crippen LogP contribution in [0.15, 0.2) is 30.3 Å². The fourth-order valence-corrected chi connectivity index (χ4v) is 2.36. The second-order valence-corrected chi connectivity index (χ2v) is 5.30. The van der Waals surface area contributed by atoms with E-state index in [9.17, 15) is 9.90 Å². The SMILES string of the molecule is COc1cc(OC)c(OC)cc1CNC(=O)c1cc(Cl)ccc1O. The number of phenolic OH excluding ortho intramolecular Hbond substituents is 1. The number of carbonyl (C=O) groups excluding carboxylic acids is 1. The number of carbonyl (C=O) groups is 1. The molecular weight excluding hydrogens is 334 g/mol. The summed E-state index contributed by atoms with van der Waals surface area (Å²) >= 11 is 5.86. The maximum absolute atomic E-state index is 12.2. The van der Waals surface area contributed by atoms with E-state index in [2.05, 4.69) is 5.32 Å². The number of methoxy groups -OCH3 is 3. The van der Waals surface area contributed by atoms with Crippen molar-refractivity contribution in [2.45, 2.75) is 6.54 Å². The highest BCUT2D eigenvalue weighted by molar-refractivity contribution is 6.31. The zero-order chi connectivity index (χ0) is 17.7. The summed E-state index contributed by atoms with van der Waals surface area (Å²) < 4.78 is 15.8. The highest BCUT2D eigenvalue weighted by Gasteiger charge is 2.15. The average molecular weight is 352 g/mol. The van der Waals surface area contributed by atoms with Crippen LogP contribution in [-0.4, -0.2) is 32.3 Å². The molecule has 2 aromatic rings. The van der Waals surface area contributed by atoms with Crippen molar-refractivity contribution in [2.24, 2.45) is 0 Å². The Bertz CT molecular complexity index is 748. The highest BCUT2D eigenvalue weighted by Crippen LogP contribution is 2.34. The number of hydrogen-bond acceptors (Lipinski definition) is 5. The van der Waals surface area contributed by atoms with E-state index in [0.717, 1.165) is 0 Å². The zero-order valence-corrected chi connectivity index (χ0v) is 14.3. The van der Waals surface area contributed by atoms with Crippen LogP contribution in [0.5, 0.6) is 23.0 Å². The van der Waals surface area contributed by atoms with E-state index in [1.165, 1.54) is 39.5 Å². The molecule has 0 saturated carbocycles. The number of phenols is 1. The topological polar surface area (TPSA) is 77.0 Å². The van der Waals surface area contributed by atoms with Gasteiger partial charge in [-0.25, -0.2) is 0 Å². The first-order chi connectivity index (χ1) is 11.5. The molecule has 6 nitrogen and oxygen atoms in total.